The summed E-state index contributed by atoms with van der Waals surface area (Å²) in [7, 11) is 1.57. The molecule has 77 heavy (non-hydrogen) atoms. The second-order valence-electron chi connectivity index (χ2n) is 24.9. The number of aliphatic hydroxyl groups is 1. The number of amides is 1. The third kappa shape index (κ3) is 62.4. The Hall–Kier alpha value is -1.02. The van der Waals surface area contributed by atoms with Crippen LogP contribution in [0.25, 0.3) is 0 Å². The molecule has 0 aliphatic heterocycles. The quantitative estimate of drug-likeness (QED) is 0.0243. The molecule has 0 aromatic carbocycles. The normalized spacial score (nSPS) is 13.8. The van der Waals surface area contributed by atoms with Gasteiger partial charge in [0.05, 0.1) is 39.9 Å². The summed E-state index contributed by atoms with van der Waals surface area (Å²) in [6.45, 7) is 4.86. The van der Waals surface area contributed by atoms with E-state index in [0.717, 1.165) is 38.5 Å². The van der Waals surface area contributed by atoms with Crippen LogP contribution in [0.4, 0.5) is 0 Å². The molecule has 458 valence electrons. The molecular weight excluding hydrogens is 972 g/mol. The van der Waals surface area contributed by atoms with Gasteiger partial charge in [-0.2, -0.15) is 0 Å². The SMILES string of the molecule is CCCCCCCCCCCCCCCCCCCCCCCCCC/C=C/CC/C=C/C(O)C(COP(=O)(O)OCC[N+](C)(C)C)NC(=O)CCCCCCCCCCCCCCCCCCCCCCCCCCC. The Labute approximate surface area is 481 Å². The Balaban J connectivity index is 4.09. The van der Waals surface area contributed by atoms with Gasteiger partial charge >= 0.3 is 7.82 Å². The fourth-order valence-electron chi connectivity index (χ4n) is 10.6. The lowest BCUT2D eigenvalue weighted by molar-refractivity contribution is -0.870. The highest BCUT2D eigenvalue weighted by Gasteiger charge is 2.28. The maximum absolute atomic E-state index is 13.0. The van der Waals surface area contributed by atoms with Gasteiger partial charge in [-0.3, -0.25) is 13.8 Å². The van der Waals surface area contributed by atoms with Crippen molar-refractivity contribution in [1.82, 2.24) is 5.32 Å². The third-order valence-electron chi connectivity index (χ3n) is 15.9. The molecule has 8 nitrogen and oxygen atoms in total. The van der Waals surface area contributed by atoms with Crippen LogP contribution in [0, 0.1) is 0 Å². The van der Waals surface area contributed by atoms with Crippen molar-refractivity contribution in [3.8, 4) is 0 Å². The first-order valence-corrected chi connectivity index (χ1v) is 35.7. The molecule has 0 saturated heterocycles. The van der Waals surface area contributed by atoms with E-state index < -0.39 is 20.0 Å². The molecular formula is C68H136N2O6P+. The fraction of sp³-hybridized carbons (Fsp3) is 0.926. The molecule has 0 heterocycles. The number of nitrogens with zero attached hydrogens (tertiary/aromatic N) is 1. The Morgan fingerprint density at radius 1 is 0.429 bits per heavy atom. The predicted molar refractivity (Wildman–Crippen MR) is 337 cm³/mol. The van der Waals surface area contributed by atoms with E-state index in [9.17, 15) is 19.4 Å². The zero-order valence-electron chi connectivity index (χ0n) is 52.5. The lowest BCUT2D eigenvalue weighted by atomic mass is 10.0. The molecule has 0 rings (SSSR count). The van der Waals surface area contributed by atoms with Crippen molar-refractivity contribution >= 4 is 13.7 Å². The number of aliphatic hydroxyl groups excluding tert-OH is 1. The number of phosphoric acid groups is 1. The Morgan fingerprint density at radius 3 is 1.04 bits per heavy atom. The van der Waals surface area contributed by atoms with Crippen LogP contribution in [0.15, 0.2) is 24.3 Å². The summed E-state index contributed by atoms with van der Waals surface area (Å²) in [5, 5.41) is 14.0. The lowest BCUT2D eigenvalue weighted by Gasteiger charge is -2.25. The van der Waals surface area contributed by atoms with E-state index in [2.05, 4.69) is 31.3 Å². The van der Waals surface area contributed by atoms with E-state index in [1.165, 1.54) is 295 Å². The Morgan fingerprint density at radius 2 is 0.714 bits per heavy atom. The van der Waals surface area contributed by atoms with Gasteiger partial charge < -0.3 is 19.8 Å². The maximum atomic E-state index is 13.0. The second kappa shape index (κ2) is 59.6. The van der Waals surface area contributed by atoms with Gasteiger partial charge in [-0.25, -0.2) is 4.57 Å². The van der Waals surface area contributed by atoms with E-state index in [4.69, 9.17) is 9.05 Å². The standard InChI is InChI=1S/C68H135N2O6P/c1-6-8-10-12-14-16-18-20-22-24-26-28-30-32-33-34-35-36-38-39-41-43-45-47-49-51-53-55-57-59-61-67(71)66(65-76-77(73,74)75-64-63-70(3,4)5)69-68(72)62-60-58-56-54-52-50-48-46-44-42-40-37-31-29-27-25-23-21-19-17-15-13-11-9-7-2/h51,53,59,61,66-67,71H,6-50,52,54-58,60,62-65H2,1-5H3,(H-,69,72,73,74)/p+1/b53-51+,61-59+. The first-order chi connectivity index (χ1) is 37.5. The number of likely N-dealkylation sites (N-methyl/N-ethyl adjacent to an activating group) is 1. The second-order valence-corrected chi connectivity index (χ2v) is 26.4. The van der Waals surface area contributed by atoms with Crippen molar-refractivity contribution in [2.45, 2.75) is 366 Å². The number of allylic oxidation sites excluding steroid dienone is 3. The topological polar surface area (TPSA) is 105 Å². The molecule has 0 bridgehead atoms. The predicted octanol–water partition coefficient (Wildman–Crippen LogP) is 21.5. The highest BCUT2D eigenvalue weighted by Crippen LogP contribution is 2.43. The summed E-state index contributed by atoms with van der Waals surface area (Å²) in [6, 6.07) is -0.861. The fourth-order valence-corrected chi connectivity index (χ4v) is 11.3. The van der Waals surface area contributed by atoms with Gasteiger partial charge in [0.15, 0.2) is 0 Å². The number of rotatable bonds is 64. The lowest BCUT2D eigenvalue weighted by Crippen LogP contribution is -2.45. The molecule has 1 amide bonds. The van der Waals surface area contributed by atoms with Gasteiger partial charge in [0, 0.05) is 6.42 Å². The van der Waals surface area contributed by atoms with Crippen molar-refractivity contribution < 1.29 is 32.9 Å². The van der Waals surface area contributed by atoms with Crippen molar-refractivity contribution in [2.24, 2.45) is 0 Å². The summed E-state index contributed by atoms with van der Waals surface area (Å²) < 4.78 is 23.8. The zero-order chi connectivity index (χ0) is 56.3. The number of nitrogens with one attached hydrogen (secondary N) is 1. The molecule has 0 fully saturated rings. The number of carbonyl (C=O) groups is 1. The average Bonchev–Trinajstić information content (AvgIpc) is 3.39. The number of hydrogen-bond acceptors (Lipinski definition) is 5. The molecule has 0 saturated carbocycles. The van der Waals surface area contributed by atoms with Crippen molar-refractivity contribution in [3.05, 3.63) is 24.3 Å². The van der Waals surface area contributed by atoms with Gasteiger partial charge in [0.2, 0.25) is 5.91 Å². The first-order valence-electron chi connectivity index (χ1n) is 34.2. The summed E-state index contributed by atoms with van der Waals surface area (Å²) >= 11 is 0. The van der Waals surface area contributed by atoms with Crippen LogP contribution in [0.5, 0.6) is 0 Å². The summed E-state index contributed by atoms with van der Waals surface area (Å²) in [4.78, 5) is 23.4. The molecule has 0 spiro atoms. The van der Waals surface area contributed by atoms with Gasteiger partial charge in [-0.15, -0.1) is 0 Å². The molecule has 0 radical (unpaired) electrons. The van der Waals surface area contributed by atoms with Crippen LogP contribution >= 0.6 is 7.82 Å². The number of unbranched alkanes of at least 4 members (excludes halogenated alkanes) is 49. The average molecular weight is 1110 g/mol. The molecule has 9 heteroatoms. The molecule has 0 aliphatic rings. The largest absolute Gasteiger partial charge is 0.472 e. The number of carbonyl (C=O) groups excluding carboxylic acids is 1. The van der Waals surface area contributed by atoms with E-state index >= 15 is 0 Å². The summed E-state index contributed by atoms with van der Waals surface area (Å²) in [5.74, 6) is -0.178. The van der Waals surface area contributed by atoms with Crippen LogP contribution in [0.2, 0.25) is 0 Å². The zero-order valence-corrected chi connectivity index (χ0v) is 53.4. The van der Waals surface area contributed by atoms with Crippen molar-refractivity contribution in [1.29, 1.82) is 0 Å². The molecule has 3 atom stereocenters. The van der Waals surface area contributed by atoms with Crippen LogP contribution in [-0.4, -0.2) is 73.4 Å². The van der Waals surface area contributed by atoms with Crippen molar-refractivity contribution in [3.63, 3.8) is 0 Å². The highest BCUT2D eigenvalue weighted by atomic mass is 31.2. The van der Waals surface area contributed by atoms with E-state index in [-0.39, 0.29) is 19.1 Å². The number of hydrogen-bond donors (Lipinski definition) is 3. The van der Waals surface area contributed by atoms with Crippen LogP contribution < -0.4 is 5.32 Å². The van der Waals surface area contributed by atoms with Gasteiger partial charge in [-0.05, 0) is 32.1 Å². The maximum Gasteiger partial charge on any atom is 0.472 e. The number of quaternary nitrogens is 1. The monoisotopic (exact) mass is 1110 g/mol. The third-order valence-corrected chi connectivity index (χ3v) is 16.9. The van der Waals surface area contributed by atoms with Crippen molar-refractivity contribution in [2.75, 3.05) is 40.9 Å². The number of phosphoric ester groups is 1. The summed E-state index contributed by atoms with van der Waals surface area (Å²) in [5.41, 5.74) is 0. The van der Waals surface area contributed by atoms with Gasteiger partial charge in [0.1, 0.15) is 13.2 Å². The van der Waals surface area contributed by atoms with Gasteiger partial charge in [0.25, 0.3) is 0 Å². The minimum atomic E-state index is -4.36. The van der Waals surface area contributed by atoms with E-state index in [0.29, 0.717) is 17.4 Å². The van der Waals surface area contributed by atoms with E-state index in [1.807, 2.05) is 27.2 Å². The molecule has 0 aromatic rings. The smallest absolute Gasteiger partial charge is 0.387 e. The summed E-state index contributed by atoms with van der Waals surface area (Å²) in [6.07, 6.45) is 77.6. The van der Waals surface area contributed by atoms with Crippen LogP contribution in [0.1, 0.15) is 354 Å². The Bertz CT molecular complexity index is 1300. The first kappa shape index (κ1) is 76.0. The molecule has 3 N–H and O–H groups in total. The van der Waals surface area contributed by atoms with Crippen LogP contribution in [-0.2, 0) is 18.4 Å². The van der Waals surface area contributed by atoms with Crippen LogP contribution in [0.3, 0.4) is 0 Å². The Kier molecular flexibility index (Phi) is 58.8. The molecule has 3 unspecified atom stereocenters. The minimum Gasteiger partial charge on any atom is -0.387 e. The van der Waals surface area contributed by atoms with E-state index in [1.54, 1.807) is 6.08 Å². The minimum absolute atomic E-state index is 0.0591. The molecule has 0 aromatic heterocycles. The van der Waals surface area contributed by atoms with Gasteiger partial charge in [-0.1, -0.05) is 340 Å². The molecule has 0 aliphatic carbocycles. The highest BCUT2D eigenvalue weighted by molar-refractivity contribution is 7.47.